The molecule has 0 radical (unpaired) electrons. The lowest BCUT2D eigenvalue weighted by Gasteiger charge is -2.23. The van der Waals surface area contributed by atoms with Gasteiger partial charge in [0.1, 0.15) is 6.61 Å². The third-order valence-corrected chi connectivity index (χ3v) is 2.49. The van der Waals surface area contributed by atoms with E-state index in [0.717, 1.165) is 0 Å². The summed E-state index contributed by atoms with van der Waals surface area (Å²) in [7, 11) is 0. The highest BCUT2D eigenvalue weighted by atomic mass is 19.3. The summed E-state index contributed by atoms with van der Waals surface area (Å²) in [5.74, 6) is -1.64. The number of carbonyl (C=O) groups excluding carboxylic acids is 1. The Morgan fingerprint density at radius 2 is 1.86 bits per heavy atom. The number of hydrogen-bond acceptors (Lipinski definition) is 3. The van der Waals surface area contributed by atoms with Gasteiger partial charge in [-0.3, -0.25) is 4.79 Å². The largest absolute Gasteiger partial charge is 0.481 e. The molecule has 6 nitrogen and oxygen atoms in total. The van der Waals surface area contributed by atoms with Gasteiger partial charge in [0.2, 0.25) is 0 Å². The first-order valence-corrected chi connectivity index (χ1v) is 6.72. The topological polar surface area (TPSA) is 87.7 Å². The number of carboxylic acid groups (broad SMARTS) is 1. The summed E-state index contributed by atoms with van der Waals surface area (Å²) in [6.45, 7) is 5.15. The normalized spacial score (nSPS) is 13.0. The fraction of sp³-hybridized carbons (Fsp3) is 0.846. The highest BCUT2D eigenvalue weighted by molar-refractivity contribution is 5.75. The predicted octanol–water partition coefficient (Wildman–Crippen LogP) is 1.70. The Morgan fingerprint density at radius 3 is 2.33 bits per heavy atom. The molecule has 0 bridgehead atoms. The van der Waals surface area contributed by atoms with Gasteiger partial charge in [-0.15, -0.1) is 0 Å². The Labute approximate surface area is 123 Å². The molecule has 0 aromatic rings. The molecule has 0 rings (SSSR count). The average molecular weight is 310 g/mol. The number of halogens is 2. The molecule has 0 aliphatic carbocycles. The zero-order valence-electron chi connectivity index (χ0n) is 12.6. The van der Waals surface area contributed by atoms with Gasteiger partial charge < -0.3 is 20.5 Å². The van der Waals surface area contributed by atoms with E-state index < -0.39 is 31.0 Å². The van der Waals surface area contributed by atoms with E-state index >= 15 is 0 Å². The standard InChI is InChI=1S/C13H24F2N2O4/c1-13(2,3)6-9(11(18)19)7-17-12(20)16-4-5-21-8-10(14)15/h9-10H,4-8H2,1-3H3,(H,18,19)(H2,16,17,20). The second kappa shape index (κ2) is 9.49. The van der Waals surface area contributed by atoms with Gasteiger partial charge >= 0.3 is 12.0 Å². The van der Waals surface area contributed by atoms with E-state index in [2.05, 4.69) is 15.4 Å². The third kappa shape index (κ3) is 12.0. The molecule has 0 aromatic carbocycles. The van der Waals surface area contributed by atoms with Crippen molar-refractivity contribution in [1.29, 1.82) is 0 Å². The first kappa shape index (κ1) is 19.6. The molecule has 21 heavy (non-hydrogen) atoms. The van der Waals surface area contributed by atoms with Crippen LogP contribution in [0.15, 0.2) is 0 Å². The van der Waals surface area contributed by atoms with Crippen LogP contribution in [0.25, 0.3) is 0 Å². The van der Waals surface area contributed by atoms with Crippen molar-refractivity contribution in [3.63, 3.8) is 0 Å². The van der Waals surface area contributed by atoms with Crippen molar-refractivity contribution >= 4 is 12.0 Å². The number of rotatable bonds is 9. The van der Waals surface area contributed by atoms with Crippen LogP contribution >= 0.6 is 0 Å². The number of urea groups is 1. The summed E-state index contributed by atoms with van der Waals surface area (Å²) in [4.78, 5) is 22.5. The van der Waals surface area contributed by atoms with E-state index in [1.54, 1.807) is 0 Å². The number of nitrogens with one attached hydrogen (secondary N) is 2. The first-order valence-electron chi connectivity index (χ1n) is 6.72. The molecule has 2 amide bonds. The van der Waals surface area contributed by atoms with Crippen molar-refractivity contribution in [2.24, 2.45) is 11.3 Å². The molecule has 0 fully saturated rings. The van der Waals surface area contributed by atoms with Gasteiger partial charge in [0.25, 0.3) is 6.43 Å². The number of ether oxygens (including phenoxy) is 1. The maximum absolute atomic E-state index is 11.8. The van der Waals surface area contributed by atoms with Crippen LogP contribution in [0.3, 0.4) is 0 Å². The lowest BCUT2D eigenvalue weighted by Crippen LogP contribution is -2.41. The first-order chi connectivity index (χ1) is 9.61. The SMILES string of the molecule is CC(C)(C)CC(CNC(=O)NCCOCC(F)F)C(=O)O. The second-order valence-corrected chi connectivity index (χ2v) is 5.90. The molecule has 0 aliphatic heterocycles. The van der Waals surface area contributed by atoms with E-state index in [1.165, 1.54) is 0 Å². The van der Waals surface area contributed by atoms with Gasteiger partial charge in [-0.05, 0) is 11.8 Å². The molecule has 3 N–H and O–H groups in total. The van der Waals surface area contributed by atoms with E-state index in [-0.39, 0.29) is 25.1 Å². The lowest BCUT2D eigenvalue weighted by atomic mass is 9.84. The van der Waals surface area contributed by atoms with Crippen LogP contribution in [0.2, 0.25) is 0 Å². The molecule has 0 saturated carbocycles. The van der Waals surface area contributed by atoms with Crippen molar-refractivity contribution in [2.75, 3.05) is 26.3 Å². The van der Waals surface area contributed by atoms with Crippen LogP contribution in [0.5, 0.6) is 0 Å². The highest BCUT2D eigenvalue weighted by Crippen LogP contribution is 2.24. The van der Waals surface area contributed by atoms with E-state index in [4.69, 9.17) is 5.11 Å². The molecule has 0 spiro atoms. The molecule has 1 atom stereocenters. The van der Waals surface area contributed by atoms with Gasteiger partial charge in [-0.25, -0.2) is 13.6 Å². The van der Waals surface area contributed by atoms with E-state index in [1.807, 2.05) is 20.8 Å². The summed E-state index contributed by atoms with van der Waals surface area (Å²) < 4.78 is 28.1. The van der Waals surface area contributed by atoms with E-state index in [9.17, 15) is 18.4 Å². The number of alkyl halides is 2. The highest BCUT2D eigenvalue weighted by Gasteiger charge is 2.24. The molecular formula is C13H24F2N2O4. The molecular weight excluding hydrogens is 286 g/mol. The summed E-state index contributed by atoms with van der Waals surface area (Å²) in [6.07, 6.45) is -2.10. The monoisotopic (exact) mass is 310 g/mol. The van der Waals surface area contributed by atoms with E-state index in [0.29, 0.717) is 6.42 Å². The van der Waals surface area contributed by atoms with Crippen LogP contribution < -0.4 is 10.6 Å². The van der Waals surface area contributed by atoms with Gasteiger partial charge in [0, 0.05) is 13.1 Å². The Bertz CT molecular complexity index is 333. The molecule has 0 saturated heterocycles. The van der Waals surface area contributed by atoms with Crippen molar-refractivity contribution in [3.05, 3.63) is 0 Å². The predicted molar refractivity (Wildman–Crippen MR) is 73.4 cm³/mol. The van der Waals surface area contributed by atoms with Crippen LogP contribution in [-0.2, 0) is 9.53 Å². The minimum atomic E-state index is -2.53. The van der Waals surface area contributed by atoms with Crippen molar-refractivity contribution in [3.8, 4) is 0 Å². The summed E-state index contributed by atoms with van der Waals surface area (Å²) in [6, 6.07) is -0.546. The Hall–Kier alpha value is -1.44. The number of hydrogen-bond donors (Lipinski definition) is 3. The zero-order chi connectivity index (χ0) is 16.5. The Morgan fingerprint density at radius 1 is 1.24 bits per heavy atom. The fourth-order valence-electron chi connectivity index (χ4n) is 1.67. The number of carboxylic acids is 1. The lowest BCUT2D eigenvalue weighted by molar-refractivity contribution is -0.142. The minimum Gasteiger partial charge on any atom is -0.481 e. The third-order valence-electron chi connectivity index (χ3n) is 2.49. The number of amides is 2. The van der Waals surface area contributed by atoms with Crippen molar-refractivity contribution in [1.82, 2.24) is 10.6 Å². The maximum Gasteiger partial charge on any atom is 0.314 e. The molecule has 1 unspecified atom stereocenters. The van der Waals surface area contributed by atoms with Gasteiger partial charge in [-0.1, -0.05) is 20.8 Å². The molecule has 0 aromatic heterocycles. The van der Waals surface area contributed by atoms with Gasteiger partial charge in [-0.2, -0.15) is 0 Å². The Balaban J connectivity index is 3.90. The fourth-order valence-corrected chi connectivity index (χ4v) is 1.67. The maximum atomic E-state index is 11.8. The van der Waals surface area contributed by atoms with Crippen LogP contribution in [0, 0.1) is 11.3 Å². The molecule has 0 heterocycles. The summed E-state index contributed by atoms with van der Waals surface area (Å²) in [5.41, 5.74) is -0.162. The summed E-state index contributed by atoms with van der Waals surface area (Å²) >= 11 is 0. The quantitative estimate of drug-likeness (QED) is 0.566. The van der Waals surface area contributed by atoms with Crippen molar-refractivity contribution in [2.45, 2.75) is 33.6 Å². The molecule has 8 heteroatoms. The number of aliphatic carboxylic acids is 1. The van der Waals surface area contributed by atoms with Crippen molar-refractivity contribution < 1.29 is 28.2 Å². The van der Waals surface area contributed by atoms with Gasteiger partial charge in [0.15, 0.2) is 0 Å². The zero-order valence-corrected chi connectivity index (χ0v) is 12.6. The Kier molecular flexibility index (Phi) is 8.84. The van der Waals surface area contributed by atoms with Crippen LogP contribution in [-0.4, -0.2) is 49.8 Å². The smallest absolute Gasteiger partial charge is 0.314 e. The molecule has 0 aliphatic rings. The number of carbonyl (C=O) groups is 2. The minimum absolute atomic E-state index is 0.0102. The van der Waals surface area contributed by atoms with Gasteiger partial charge in [0.05, 0.1) is 12.5 Å². The van der Waals surface area contributed by atoms with Crippen LogP contribution in [0.4, 0.5) is 13.6 Å². The average Bonchev–Trinajstić information content (AvgIpc) is 2.32. The van der Waals surface area contributed by atoms with Crippen LogP contribution in [0.1, 0.15) is 27.2 Å². The molecule has 124 valence electrons. The second-order valence-electron chi connectivity index (χ2n) is 5.90. The summed E-state index contributed by atoms with van der Waals surface area (Å²) in [5, 5.41) is 13.9.